The third-order valence-electron chi connectivity index (χ3n) is 7.66. The lowest BCUT2D eigenvalue weighted by Gasteiger charge is -2.23. The summed E-state index contributed by atoms with van der Waals surface area (Å²) in [7, 11) is 0. The van der Waals surface area contributed by atoms with Crippen molar-refractivity contribution >= 4 is 23.1 Å². The summed E-state index contributed by atoms with van der Waals surface area (Å²) in [5.74, 6) is 6.15. The van der Waals surface area contributed by atoms with Gasteiger partial charge in [-0.05, 0) is 54.7 Å². The van der Waals surface area contributed by atoms with Crippen molar-refractivity contribution < 1.29 is 4.79 Å². The van der Waals surface area contributed by atoms with E-state index in [0.29, 0.717) is 28.7 Å². The van der Waals surface area contributed by atoms with E-state index >= 15 is 0 Å². The van der Waals surface area contributed by atoms with Gasteiger partial charge in [0.15, 0.2) is 5.01 Å². The first-order valence-electron chi connectivity index (χ1n) is 12.6. The molecule has 2 aromatic rings. The molecule has 34 heavy (non-hydrogen) atoms. The molecule has 0 spiro atoms. The maximum absolute atomic E-state index is 13.1. The normalized spacial score (nSPS) is 18.6. The van der Waals surface area contributed by atoms with E-state index in [2.05, 4.69) is 42.5 Å². The smallest absolute Gasteiger partial charge is 0.280 e. The number of hydrazone groups is 1. The van der Waals surface area contributed by atoms with Gasteiger partial charge in [0.1, 0.15) is 5.84 Å². The number of thiazole rings is 1. The fraction of sp³-hybridized carbons (Fsp3) is 0.593. The Labute approximate surface area is 207 Å². The number of nitrogens with two attached hydrogens (primary N) is 2. The molecule has 1 amide bonds. The zero-order valence-corrected chi connectivity index (χ0v) is 21.9. The number of carbonyl (C=O) groups excluding carboxylic acids is 1. The van der Waals surface area contributed by atoms with Crippen molar-refractivity contribution in [1.29, 1.82) is 0 Å². The molecule has 0 aliphatic heterocycles. The third-order valence-corrected chi connectivity index (χ3v) is 8.80. The zero-order chi connectivity index (χ0) is 24.5. The summed E-state index contributed by atoms with van der Waals surface area (Å²) < 4.78 is 0. The summed E-state index contributed by atoms with van der Waals surface area (Å²) >= 11 is 1.51. The first-order valence-corrected chi connectivity index (χ1v) is 13.4. The second-order valence-corrected chi connectivity index (χ2v) is 12.2. The molecule has 1 heterocycles. The van der Waals surface area contributed by atoms with E-state index < -0.39 is 5.41 Å². The molecule has 0 atom stereocenters. The first-order chi connectivity index (χ1) is 16.1. The molecule has 6 nitrogen and oxygen atoms in total. The van der Waals surface area contributed by atoms with Crippen molar-refractivity contribution in [3.8, 4) is 10.4 Å². The van der Waals surface area contributed by atoms with Crippen LogP contribution < -0.4 is 16.9 Å². The largest absolute Gasteiger partial charge is 0.385 e. The van der Waals surface area contributed by atoms with Crippen LogP contribution in [-0.4, -0.2) is 23.3 Å². The van der Waals surface area contributed by atoms with Crippen molar-refractivity contribution in [2.24, 2.45) is 28.0 Å². The van der Waals surface area contributed by atoms with Crippen LogP contribution in [0.4, 0.5) is 0 Å². The maximum Gasteiger partial charge on any atom is 0.280 e. The van der Waals surface area contributed by atoms with Crippen molar-refractivity contribution in [2.45, 2.75) is 84.5 Å². The van der Waals surface area contributed by atoms with Crippen LogP contribution in [0.3, 0.4) is 0 Å². The molecule has 0 unspecified atom stereocenters. The van der Waals surface area contributed by atoms with E-state index in [4.69, 9.17) is 16.6 Å². The van der Waals surface area contributed by atoms with Crippen LogP contribution in [0.25, 0.3) is 10.4 Å². The minimum atomic E-state index is -0.527. The number of amidine groups is 1. The molecule has 2 aliphatic rings. The Morgan fingerprint density at radius 3 is 2.59 bits per heavy atom. The van der Waals surface area contributed by atoms with E-state index in [1.807, 2.05) is 13.8 Å². The fourth-order valence-electron chi connectivity index (χ4n) is 4.86. The Kier molecular flexibility index (Phi) is 7.04. The number of benzene rings is 1. The number of aryl methyl sites for hydroxylation is 1. The number of nitrogens with zero attached hydrogens (tertiary/aromatic N) is 2. The van der Waals surface area contributed by atoms with Gasteiger partial charge in [0.05, 0.1) is 10.6 Å². The summed E-state index contributed by atoms with van der Waals surface area (Å²) in [6, 6.07) is 6.90. The lowest BCUT2D eigenvalue weighted by Crippen LogP contribution is -2.43. The van der Waals surface area contributed by atoms with Crippen LogP contribution in [-0.2, 0) is 11.8 Å². The van der Waals surface area contributed by atoms with Crippen LogP contribution in [0.5, 0.6) is 0 Å². The SMILES string of the molecule is Cc1cc(-c2sc(C(=O)NCC(C)(C)/C(N)=N/N)nc2CC2CCCCC2)cc(C2(C)CC2)c1. The standard InChI is InChI=1S/C27H39N5OS/c1-17-12-19(15-20(13-17)27(4)10-11-27)22-21(14-18-8-6-5-7-9-18)31-24(34-22)23(33)30-16-26(2,3)25(28)32-29/h12-13,15,18H,5-11,14,16,29H2,1-4H3,(H2,28,32)(H,30,33). The Balaban J connectivity index is 1.64. The quantitative estimate of drug-likeness (QED) is 0.206. The summed E-state index contributed by atoms with van der Waals surface area (Å²) in [4.78, 5) is 19.2. The van der Waals surface area contributed by atoms with Crippen LogP contribution in [0.2, 0.25) is 0 Å². The molecule has 4 rings (SSSR count). The van der Waals surface area contributed by atoms with Gasteiger partial charge >= 0.3 is 0 Å². The highest BCUT2D eigenvalue weighted by Crippen LogP contribution is 2.49. The number of aromatic nitrogens is 1. The predicted octanol–water partition coefficient (Wildman–Crippen LogP) is 5.28. The zero-order valence-electron chi connectivity index (χ0n) is 21.0. The highest BCUT2D eigenvalue weighted by atomic mass is 32.1. The Morgan fingerprint density at radius 2 is 1.94 bits per heavy atom. The second-order valence-electron chi connectivity index (χ2n) is 11.2. The molecule has 1 aromatic heterocycles. The molecule has 7 heteroatoms. The minimum Gasteiger partial charge on any atom is -0.385 e. The molecule has 1 aromatic carbocycles. The van der Waals surface area contributed by atoms with Crippen LogP contribution in [0.1, 0.15) is 92.3 Å². The third kappa shape index (κ3) is 5.45. The van der Waals surface area contributed by atoms with Crippen molar-refractivity contribution in [1.82, 2.24) is 10.3 Å². The first kappa shape index (κ1) is 24.7. The van der Waals surface area contributed by atoms with Gasteiger partial charge in [-0.3, -0.25) is 4.79 Å². The average Bonchev–Trinajstić information content (AvgIpc) is 3.44. The maximum atomic E-state index is 13.1. The molecule has 0 saturated heterocycles. The molecule has 0 bridgehead atoms. The van der Waals surface area contributed by atoms with Crippen LogP contribution in [0, 0.1) is 18.3 Å². The van der Waals surface area contributed by atoms with Crippen LogP contribution in [0.15, 0.2) is 23.3 Å². The minimum absolute atomic E-state index is 0.166. The topological polar surface area (TPSA) is 106 Å². The number of nitrogens with one attached hydrogen (secondary N) is 1. The van der Waals surface area contributed by atoms with Crippen molar-refractivity contribution in [3.63, 3.8) is 0 Å². The average molecular weight is 482 g/mol. The Morgan fingerprint density at radius 1 is 1.24 bits per heavy atom. The van der Waals surface area contributed by atoms with E-state index in [9.17, 15) is 4.79 Å². The summed E-state index contributed by atoms with van der Waals surface area (Å²) in [5.41, 5.74) is 10.6. The van der Waals surface area contributed by atoms with Gasteiger partial charge in [-0.25, -0.2) is 4.98 Å². The number of rotatable bonds is 8. The number of carbonyl (C=O) groups is 1. The number of amides is 1. The monoisotopic (exact) mass is 481 g/mol. The molecule has 2 aliphatic carbocycles. The van der Waals surface area contributed by atoms with E-state index in [0.717, 1.165) is 17.0 Å². The Bertz CT molecular complexity index is 1080. The summed E-state index contributed by atoms with van der Waals surface area (Å²) in [6.45, 7) is 8.68. The van der Waals surface area contributed by atoms with Gasteiger partial charge < -0.3 is 16.9 Å². The van der Waals surface area contributed by atoms with Gasteiger partial charge in [-0.15, -0.1) is 11.3 Å². The number of hydrogen-bond acceptors (Lipinski definition) is 5. The van der Waals surface area contributed by atoms with Gasteiger partial charge in [0.25, 0.3) is 5.91 Å². The fourth-order valence-corrected chi connectivity index (χ4v) is 5.85. The summed E-state index contributed by atoms with van der Waals surface area (Å²) in [5, 5.41) is 7.12. The van der Waals surface area contributed by atoms with Crippen LogP contribution >= 0.6 is 11.3 Å². The van der Waals surface area contributed by atoms with Crippen molar-refractivity contribution in [3.05, 3.63) is 40.0 Å². The molecular formula is C27H39N5OS. The van der Waals surface area contributed by atoms with Gasteiger partial charge in [0.2, 0.25) is 0 Å². The van der Waals surface area contributed by atoms with Crippen molar-refractivity contribution in [2.75, 3.05) is 6.54 Å². The van der Waals surface area contributed by atoms with Gasteiger partial charge in [0, 0.05) is 12.0 Å². The lowest BCUT2D eigenvalue weighted by molar-refractivity contribution is 0.0944. The predicted molar refractivity (Wildman–Crippen MR) is 141 cm³/mol. The second kappa shape index (κ2) is 9.68. The number of hydrogen-bond donors (Lipinski definition) is 3. The molecular weight excluding hydrogens is 442 g/mol. The van der Waals surface area contributed by atoms with Gasteiger partial charge in [-0.1, -0.05) is 70.6 Å². The van der Waals surface area contributed by atoms with E-state index in [1.165, 1.54) is 73.0 Å². The molecule has 2 fully saturated rings. The Hall–Kier alpha value is -2.41. The molecule has 0 radical (unpaired) electrons. The van der Waals surface area contributed by atoms with Gasteiger partial charge in [-0.2, -0.15) is 5.10 Å². The van der Waals surface area contributed by atoms with E-state index in [-0.39, 0.29) is 5.91 Å². The summed E-state index contributed by atoms with van der Waals surface area (Å²) in [6.07, 6.45) is 9.85. The molecule has 2 saturated carbocycles. The van der Waals surface area contributed by atoms with E-state index in [1.54, 1.807) is 0 Å². The highest BCUT2D eigenvalue weighted by Gasteiger charge is 2.39. The molecule has 5 N–H and O–H groups in total. The highest BCUT2D eigenvalue weighted by molar-refractivity contribution is 7.17. The molecule has 184 valence electrons. The lowest BCUT2D eigenvalue weighted by atomic mass is 9.85.